The molecule has 1 heterocycles. The fraction of sp³-hybridized carbons (Fsp3) is 0.500. The van der Waals surface area contributed by atoms with Gasteiger partial charge in [-0.15, -0.1) is 24.0 Å². The maximum absolute atomic E-state index is 12.7. The average molecular weight is 508 g/mol. The van der Waals surface area contributed by atoms with Gasteiger partial charge in [0, 0.05) is 44.8 Å². The van der Waals surface area contributed by atoms with Gasteiger partial charge in [-0.25, -0.2) is 0 Å². The van der Waals surface area contributed by atoms with Gasteiger partial charge in [-0.2, -0.15) is 0 Å². The van der Waals surface area contributed by atoms with E-state index in [1.807, 2.05) is 30.0 Å². The highest BCUT2D eigenvalue weighted by Gasteiger charge is 2.28. The first-order valence-corrected chi connectivity index (χ1v) is 9.02. The molecule has 0 aliphatic carbocycles. The Balaban J connectivity index is 0.00000364. The van der Waals surface area contributed by atoms with Gasteiger partial charge in [-0.1, -0.05) is 23.7 Å². The Morgan fingerprint density at radius 3 is 2.67 bits per heavy atom. The van der Waals surface area contributed by atoms with E-state index in [4.69, 9.17) is 11.6 Å². The third kappa shape index (κ3) is 6.84. The fourth-order valence-corrected chi connectivity index (χ4v) is 3.24. The molecule has 7 nitrogen and oxygen atoms in total. The van der Waals surface area contributed by atoms with Crippen molar-refractivity contribution in [1.29, 1.82) is 0 Å². The lowest BCUT2D eigenvalue weighted by atomic mass is 10.1. The van der Waals surface area contributed by atoms with Gasteiger partial charge in [0.05, 0.1) is 13.0 Å². The molecule has 0 radical (unpaired) electrons. The summed E-state index contributed by atoms with van der Waals surface area (Å²) < 4.78 is 0. The summed E-state index contributed by atoms with van der Waals surface area (Å²) in [6.07, 6.45) is 0.342. The van der Waals surface area contributed by atoms with Gasteiger partial charge in [0.2, 0.25) is 11.8 Å². The van der Waals surface area contributed by atoms with E-state index in [9.17, 15) is 9.59 Å². The van der Waals surface area contributed by atoms with Crippen LogP contribution in [0.5, 0.6) is 0 Å². The van der Waals surface area contributed by atoms with Gasteiger partial charge in [0.25, 0.3) is 0 Å². The summed E-state index contributed by atoms with van der Waals surface area (Å²) in [4.78, 5) is 32.3. The van der Waals surface area contributed by atoms with Gasteiger partial charge < -0.3 is 20.4 Å². The SMILES string of the molecule is CN=C(NCC(=O)NC)N1CCN(C(=O)Cc2cccc(Cl)c2)C(C)C1.I. The van der Waals surface area contributed by atoms with E-state index in [1.54, 1.807) is 20.2 Å². The Hall–Kier alpha value is -1.55. The molecular weight excluding hydrogens is 481 g/mol. The monoisotopic (exact) mass is 507 g/mol. The van der Waals surface area contributed by atoms with E-state index in [0.29, 0.717) is 37.0 Å². The first kappa shape index (κ1) is 23.5. The summed E-state index contributed by atoms with van der Waals surface area (Å²) in [6.45, 7) is 4.13. The smallest absolute Gasteiger partial charge is 0.239 e. The number of aliphatic imine (C=N–C) groups is 1. The molecule has 150 valence electrons. The van der Waals surface area contributed by atoms with Crippen LogP contribution in [0.3, 0.4) is 0 Å². The highest BCUT2D eigenvalue weighted by Crippen LogP contribution is 2.15. The number of rotatable bonds is 4. The van der Waals surface area contributed by atoms with Gasteiger partial charge in [-0.3, -0.25) is 14.6 Å². The molecule has 27 heavy (non-hydrogen) atoms. The van der Waals surface area contributed by atoms with Crippen LogP contribution >= 0.6 is 35.6 Å². The van der Waals surface area contributed by atoms with E-state index in [2.05, 4.69) is 20.5 Å². The second kappa shape index (κ2) is 11.3. The van der Waals surface area contributed by atoms with Crippen molar-refractivity contribution in [2.45, 2.75) is 19.4 Å². The van der Waals surface area contributed by atoms with Gasteiger partial charge in [-0.05, 0) is 24.6 Å². The third-order valence-electron chi connectivity index (χ3n) is 4.39. The van der Waals surface area contributed by atoms with Crippen LogP contribution in [0.25, 0.3) is 0 Å². The molecule has 0 spiro atoms. The van der Waals surface area contributed by atoms with Crippen molar-refractivity contribution in [2.75, 3.05) is 40.3 Å². The summed E-state index contributed by atoms with van der Waals surface area (Å²) in [5.74, 6) is 0.657. The number of halogens is 2. The van der Waals surface area contributed by atoms with E-state index in [0.717, 1.165) is 5.56 Å². The number of nitrogens with zero attached hydrogens (tertiary/aromatic N) is 3. The summed E-state index contributed by atoms with van der Waals surface area (Å²) in [7, 11) is 3.28. The molecule has 1 aromatic rings. The fourth-order valence-electron chi connectivity index (χ4n) is 3.02. The molecule has 0 bridgehead atoms. The van der Waals surface area contributed by atoms with Crippen molar-refractivity contribution < 1.29 is 9.59 Å². The molecule has 2 rings (SSSR count). The lowest BCUT2D eigenvalue weighted by Gasteiger charge is -2.41. The minimum Gasteiger partial charge on any atom is -0.358 e. The Labute approximate surface area is 182 Å². The van der Waals surface area contributed by atoms with Crippen LogP contribution in [-0.2, 0) is 16.0 Å². The maximum atomic E-state index is 12.7. The lowest BCUT2D eigenvalue weighted by molar-refractivity contribution is -0.134. The Bertz CT molecular complexity index is 685. The number of carbonyl (C=O) groups is 2. The van der Waals surface area contributed by atoms with Crippen LogP contribution in [0, 0.1) is 0 Å². The van der Waals surface area contributed by atoms with Gasteiger partial charge in [0.1, 0.15) is 0 Å². The van der Waals surface area contributed by atoms with E-state index in [-0.39, 0.29) is 48.4 Å². The van der Waals surface area contributed by atoms with Crippen molar-refractivity contribution in [2.24, 2.45) is 4.99 Å². The molecule has 9 heteroatoms. The number of nitrogens with one attached hydrogen (secondary N) is 2. The van der Waals surface area contributed by atoms with Crippen molar-refractivity contribution in [3.63, 3.8) is 0 Å². The molecule has 1 saturated heterocycles. The number of guanidine groups is 1. The second-order valence-corrected chi connectivity index (χ2v) is 6.70. The largest absolute Gasteiger partial charge is 0.358 e. The van der Waals surface area contributed by atoms with Crippen LogP contribution in [0.15, 0.2) is 29.3 Å². The van der Waals surface area contributed by atoms with Crippen LogP contribution in [0.1, 0.15) is 12.5 Å². The first-order chi connectivity index (χ1) is 12.4. The topological polar surface area (TPSA) is 77.0 Å². The minimum atomic E-state index is -0.102. The van der Waals surface area contributed by atoms with Crippen molar-refractivity contribution >= 4 is 53.4 Å². The van der Waals surface area contributed by atoms with Crippen molar-refractivity contribution in [1.82, 2.24) is 20.4 Å². The predicted octanol–water partition coefficient (Wildman–Crippen LogP) is 1.35. The summed E-state index contributed by atoms with van der Waals surface area (Å²) in [5, 5.41) is 6.25. The van der Waals surface area contributed by atoms with Crippen LogP contribution in [-0.4, -0.2) is 73.9 Å². The summed E-state index contributed by atoms with van der Waals surface area (Å²) in [5.41, 5.74) is 0.917. The lowest BCUT2D eigenvalue weighted by Crippen LogP contribution is -2.58. The number of benzene rings is 1. The second-order valence-electron chi connectivity index (χ2n) is 6.26. The summed E-state index contributed by atoms with van der Waals surface area (Å²) >= 11 is 5.99. The molecule has 1 unspecified atom stereocenters. The number of amides is 2. The minimum absolute atomic E-state index is 0. The number of piperazine rings is 1. The molecule has 1 atom stereocenters. The highest BCUT2D eigenvalue weighted by atomic mass is 127. The first-order valence-electron chi connectivity index (χ1n) is 8.64. The number of hydrogen-bond donors (Lipinski definition) is 2. The van der Waals surface area contributed by atoms with Crippen LogP contribution in [0.4, 0.5) is 0 Å². The maximum Gasteiger partial charge on any atom is 0.239 e. The quantitative estimate of drug-likeness (QED) is 0.367. The molecular formula is C18H27ClIN5O2. The Kier molecular flexibility index (Phi) is 9.86. The number of carbonyl (C=O) groups excluding carboxylic acids is 2. The number of hydrogen-bond acceptors (Lipinski definition) is 3. The molecule has 0 saturated carbocycles. The summed E-state index contributed by atoms with van der Waals surface area (Å²) in [6, 6.07) is 7.44. The van der Waals surface area contributed by atoms with E-state index < -0.39 is 0 Å². The Morgan fingerprint density at radius 2 is 2.07 bits per heavy atom. The molecule has 1 aromatic carbocycles. The molecule has 1 aliphatic heterocycles. The average Bonchev–Trinajstić information content (AvgIpc) is 2.62. The van der Waals surface area contributed by atoms with Crippen molar-refractivity contribution in [3.05, 3.63) is 34.9 Å². The van der Waals surface area contributed by atoms with Crippen molar-refractivity contribution in [3.8, 4) is 0 Å². The standard InChI is InChI=1S/C18H26ClN5O2.HI/c1-13-12-23(18(21-3)22-11-16(25)20-2)7-8-24(13)17(26)10-14-5-4-6-15(19)9-14;/h4-6,9,13H,7-8,10-12H2,1-3H3,(H,20,25)(H,21,22);1H. The number of likely N-dealkylation sites (N-methyl/N-ethyl adjacent to an activating group) is 1. The Morgan fingerprint density at radius 1 is 1.33 bits per heavy atom. The zero-order valence-corrected chi connectivity index (χ0v) is 19.0. The van der Waals surface area contributed by atoms with Crippen LogP contribution < -0.4 is 10.6 Å². The van der Waals surface area contributed by atoms with E-state index >= 15 is 0 Å². The molecule has 0 aromatic heterocycles. The molecule has 1 aliphatic rings. The van der Waals surface area contributed by atoms with Crippen LogP contribution in [0.2, 0.25) is 5.02 Å². The van der Waals surface area contributed by atoms with E-state index in [1.165, 1.54) is 0 Å². The zero-order chi connectivity index (χ0) is 19.1. The normalized spacial score (nSPS) is 17.2. The molecule has 2 amide bonds. The van der Waals surface area contributed by atoms with Gasteiger partial charge >= 0.3 is 0 Å². The predicted molar refractivity (Wildman–Crippen MR) is 119 cm³/mol. The molecule has 2 N–H and O–H groups in total. The van der Waals surface area contributed by atoms with Gasteiger partial charge in [0.15, 0.2) is 5.96 Å². The zero-order valence-electron chi connectivity index (χ0n) is 15.9. The third-order valence-corrected chi connectivity index (χ3v) is 4.62. The highest BCUT2D eigenvalue weighted by molar-refractivity contribution is 14.0. The molecule has 1 fully saturated rings.